The van der Waals surface area contributed by atoms with Gasteiger partial charge in [0.15, 0.2) is 0 Å². The molecule has 1 aromatic carbocycles. The summed E-state index contributed by atoms with van der Waals surface area (Å²) < 4.78 is 19.3. The summed E-state index contributed by atoms with van der Waals surface area (Å²) in [5.41, 5.74) is 0.672. The molecule has 0 radical (unpaired) electrons. The number of aryl methyl sites for hydroxylation is 1. The second-order valence-corrected chi connectivity index (χ2v) is 7.04. The summed E-state index contributed by atoms with van der Waals surface area (Å²) in [5.74, 6) is -0.903. The predicted octanol–water partition coefficient (Wildman–Crippen LogP) is 4.46. The van der Waals surface area contributed by atoms with Gasteiger partial charge < -0.3 is 10.1 Å². The number of thiophene rings is 1. The van der Waals surface area contributed by atoms with E-state index < -0.39 is 17.8 Å². The first-order valence-corrected chi connectivity index (χ1v) is 8.78. The number of benzene rings is 1. The first kappa shape index (κ1) is 18.4. The summed E-state index contributed by atoms with van der Waals surface area (Å²) in [5, 5.41) is 5.57. The van der Waals surface area contributed by atoms with Crippen LogP contribution in [0.25, 0.3) is 0 Å². The average Bonchev–Trinajstić information content (AvgIpc) is 2.87. The van der Waals surface area contributed by atoms with Crippen LogP contribution in [0.15, 0.2) is 28.7 Å². The molecule has 0 saturated carbocycles. The Hall–Kier alpha value is -1.93. The van der Waals surface area contributed by atoms with Gasteiger partial charge in [-0.05, 0) is 32.0 Å². The van der Waals surface area contributed by atoms with Crippen LogP contribution in [0.4, 0.5) is 14.2 Å². The number of urea groups is 1. The number of carbonyl (C=O) groups is 2. The molecule has 0 bridgehead atoms. The van der Waals surface area contributed by atoms with Crippen LogP contribution in [0.2, 0.25) is 0 Å². The Morgan fingerprint density at radius 1 is 1.33 bits per heavy atom. The number of hydrogen-bond acceptors (Lipinski definition) is 4. The van der Waals surface area contributed by atoms with Crippen molar-refractivity contribution in [2.45, 2.75) is 20.4 Å². The molecule has 0 atom stereocenters. The molecule has 8 heteroatoms. The van der Waals surface area contributed by atoms with Gasteiger partial charge in [-0.25, -0.2) is 14.0 Å². The molecule has 128 valence electrons. The van der Waals surface area contributed by atoms with Crippen molar-refractivity contribution in [2.24, 2.45) is 0 Å². The van der Waals surface area contributed by atoms with E-state index in [1.54, 1.807) is 25.1 Å². The van der Waals surface area contributed by atoms with E-state index in [1.807, 2.05) is 6.92 Å². The molecule has 2 amide bonds. The first-order valence-electron chi connectivity index (χ1n) is 7.17. The smallest absolute Gasteiger partial charge is 0.341 e. The normalized spacial score (nSPS) is 10.3. The maximum absolute atomic E-state index is 13.7. The lowest BCUT2D eigenvalue weighted by Crippen LogP contribution is -2.28. The monoisotopic (exact) mass is 414 g/mol. The number of ether oxygens (including phenoxy) is 1. The molecule has 0 aliphatic heterocycles. The minimum Gasteiger partial charge on any atom is -0.462 e. The SMILES string of the molecule is CCOC(=O)c1cc(C)sc1NC(=O)NCc1ccc(Br)cc1F. The van der Waals surface area contributed by atoms with Gasteiger partial charge in [-0.1, -0.05) is 22.0 Å². The second-order valence-electron chi connectivity index (χ2n) is 4.86. The fourth-order valence-electron chi connectivity index (χ4n) is 1.96. The highest BCUT2D eigenvalue weighted by molar-refractivity contribution is 9.10. The summed E-state index contributed by atoms with van der Waals surface area (Å²) in [4.78, 5) is 24.7. The Morgan fingerprint density at radius 3 is 2.75 bits per heavy atom. The number of esters is 1. The van der Waals surface area contributed by atoms with E-state index in [2.05, 4.69) is 26.6 Å². The van der Waals surface area contributed by atoms with Crippen molar-refractivity contribution in [3.63, 3.8) is 0 Å². The molecular formula is C16H16BrFN2O3S. The Balaban J connectivity index is 2.01. The summed E-state index contributed by atoms with van der Waals surface area (Å²) >= 11 is 4.45. The number of hydrogen-bond donors (Lipinski definition) is 2. The summed E-state index contributed by atoms with van der Waals surface area (Å²) in [6, 6.07) is 5.74. The van der Waals surface area contributed by atoms with Crippen molar-refractivity contribution in [1.29, 1.82) is 0 Å². The fraction of sp³-hybridized carbons (Fsp3) is 0.250. The molecule has 0 unspecified atom stereocenters. The Kier molecular flexibility index (Phi) is 6.33. The zero-order valence-electron chi connectivity index (χ0n) is 13.1. The van der Waals surface area contributed by atoms with Crippen molar-refractivity contribution in [1.82, 2.24) is 5.32 Å². The van der Waals surface area contributed by atoms with Crippen molar-refractivity contribution in [2.75, 3.05) is 11.9 Å². The number of halogens is 2. The highest BCUT2D eigenvalue weighted by Gasteiger charge is 2.18. The van der Waals surface area contributed by atoms with Crippen molar-refractivity contribution in [3.05, 3.63) is 50.6 Å². The maximum Gasteiger partial charge on any atom is 0.341 e. The summed E-state index contributed by atoms with van der Waals surface area (Å²) in [6.07, 6.45) is 0. The van der Waals surface area contributed by atoms with Gasteiger partial charge in [-0.2, -0.15) is 0 Å². The van der Waals surface area contributed by atoms with Crippen LogP contribution in [0, 0.1) is 12.7 Å². The van der Waals surface area contributed by atoms with Gasteiger partial charge >= 0.3 is 12.0 Å². The molecule has 0 saturated heterocycles. The molecule has 1 aromatic heterocycles. The van der Waals surface area contributed by atoms with Crippen LogP contribution >= 0.6 is 27.3 Å². The fourth-order valence-corrected chi connectivity index (χ4v) is 3.18. The van der Waals surface area contributed by atoms with E-state index in [1.165, 1.54) is 17.4 Å². The number of carbonyl (C=O) groups excluding carboxylic acids is 2. The van der Waals surface area contributed by atoms with Crippen LogP contribution in [0.1, 0.15) is 27.7 Å². The maximum atomic E-state index is 13.7. The van der Waals surface area contributed by atoms with Crippen LogP contribution in [-0.2, 0) is 11.3 Å². The lowest BCUT2D eigenvalue weighted by molar-refractivity contribution is 0.0528. The zero-order chi connectivity index (χ0) is 17.7. The quantitative estimate of drug-likeness (QED) is 0.709. The average molecular weight is 415 g/mol. The highest BCUT2D eigenvalue weighted by atomic mass is 79.9. The van der Waals surface area contributed by atoms with Gasteiger partial charge in [0.2, 0.25) is 0 Å². The van der Waals surface area contributed by atoms with Gasteiger partial charge in [-0.3, -0.25) is 5.32 Å². The molecule has 0 aliphatic rings. The Bertz CT molecular complexity index is 764. The molecule has 2 rings (SSSR count). The van der Waals surface area contributed by atoms with Crippen LogP contribution in [-0.4, -0.2) is 18.6 Å². The van der Waals surface area contributed by atoms with Gasteiger partial charge in [0.25, 0.3) is 0 Å². The third-order valence-electron chi connectivity index (χ3n) is 3.03. The molecule has 0 aliphatic carbocycles. The van der Waals surface area contributed by atoms with E-state index in [9.17, 15) is 14.0 Å². The summed E-state index contributed by atoms with van der Waals surface area (Å²) in [7, 11) is 0. The minimum atomic E-state index is -0.523. The van der Waals surface area contributed by atoms with Gasteiger partial charge in [0, 0.05) is 21.5 Å². The molecule has 1 heterocycles. The molecule has 2 aromatic rings. The number of amides is 2. The van der Waals surface area contributed by atoms with Gasteiger partial charge in [0.05, 0.1) is 12.2 Å². The van der Waals surface area contributed by atoms with Crippen LogP contribution in [0.3, 0.4) is 0 Å². The molecule has 2 N–H and O–H groups in total. The van der Waals surface area contributed by atoms with Gasteiger partial charge in [0.1, 0.15) is 10.8 Å². The highest BCUT2D eigenvalue weighted by Crippen LogP contribution is 2.28. The van der Waals surface area contributed by atoms with E-state index in [-0.39, 0.29) is 13.2 Å². The van der Waals surface area contributed by atoms with E-state index in [4.69, 9.17) is 4.74 Å². The largest absolute Gasteiger partial charge is 0.462 e. The standard InChI is InChI=1S/C16H16BrFN2O3S/c1-3-23-15(21)12-6-9(2)24-14(12)20-16(22)19-8-10-4-5-11(17)7-13(10)18/h4-7H,3,8H2,1-2H3,(H2,19,20,22). The zero-order valence-corrected chi connectivity index (χ0v) is 15.5. The molecular weight excluding hydrogens is 399 g/mol. The third kappa shape index (κ3) is 4.78. The van der Waals surface area contributed by atoms with Crippen molar-refractivity contribution >= 4 is 44.3 Å². The predicted molar refractivity (Wildman–Crippen MR) is 95.0 cm³/mol. The van der Waals surface area contributed by atoms with E-state index in [0.29, 0.717) is 20.6 Å². The first-order chi connectivity index (χ1) is 11.4. The van der Waals surface area contributed by atoms with Crippen molar-refractivity contribution < 1.29 is 18.7 Å². The molecule has 0 spiro atoms. The van der Waals surface area contributed by atoms with Crippen LogP contribution < -0.4 is 10.6 Å². The second kappa shape index (κ2) is 8.25. The number of nitrogens with one attached hydrogen (secondary N) is 2. The Labute approximate surface area is 151 Å². The number of anilines is 1. The van der Waals surface area contributed by atoms with Gasteiger partial charge in [-0.15, -0.1) is 11.3 Å². The van der Waals surface area contributed by atoms with E-state index >= 15 is 0 Å². The lowest BCUT2D eigenvalue weighted by Gasteiger charge is -2.09. The van der Waals surface area contributed by atoms with E-state index in [0.717, 1.165) is 4.88 Å². The molecule has 24 heavy (non-hydrogen) atoms. The topological polar surface area (TPSA) is 67.4 Å². The Morgan fingerprint density at radius 2 is 2.08 bits per heavy atom. The van der Waals surface area contributed by atoms with Crippen molar-refractivity contribution in [3.8, 4) is 0 Å². The molecule has 0 fully saturated rings. The minimum absolute atomic E-state index is 0.0318. The molecule has 5 nitrogen and oxygen atoms in total. The summed E-state index contributed by atoms with van der Waals surface area (Å²) in [6.45, 7) is 3.82. The third-order valence-corrected chi connectivity index (χ3v) is 4.49. The van der Waals surface area contributed by atoms with Crippen LogP contribution in [0.5, 0.6) is 0 Å². The lowest BCUT2D eigenvalue weighted by atomic mass is 10.2. The number of rotatable bonds is 5.